The predicted molar refractivity (Wildman–Crippen MR) is 104 cm³/mol. The number of hydrogen-bond acceptors (Lipinski definition) is 5. The topological polar surface area (TPSA) is 76.6 Å². The van der Waals surface area contributed by atoms with Gasteiger partial charge in [0.05, 0.1) is 5.56 Å². The molecule has 1 atom stereocenters. The molecule has 1 fully saturated rings. The maximum atomic E-state index is 12.8. The van der Waals surface area contributed by atoms with Crippen molar-refractivity contribution in [2.45, 2.75) is 39.2 Å². The third-order valence-electron chi connectivity index (χ3n) is 5.12. The highest BCUT2D eigenvalue weighted by Gasteiger charge is 2.34. The van der Waals surface area contributed by atoms with E-state index in [9.17, 15) is 14.4 Å². The molecule has 6 nitrogen and oxygen atoms in total. The van der Waals surface area contributed by atoms with E-state index in [2.05, 4.69) is 4.98 Å². The summed E-state index contributed by atoms with van der Waals surface area (Å²) in [6.07, 6.45) is 5.28. The Bertz CT molecular complexity index is 879. The molecule has 1 saturated heterocycles. The number of Topliss-reactive ketones (excluding diaryl/α,β-unsaturated/α-hetero) is 1. The molecule has 2 aromatic rings. The van der Waals surface area contributed by atoms with Crippen molar-refractivity contribution in [1.29, 1.82) is 0 Å². The summed E-state index contributed by atoms with van der Waals surface area (Å²) >= 11 is 0. The average molecular weight is 380 g/mol. The molecule has 0 N–H and O–H groups in total. The molecule has 0 spiro atoms. The predicted octanol–water partition coefficient (Wildman–Crippen LogP) is 3.12. The van der Waals surface area contributed by atoms with Gasteiger partial charge in [0, 0.05) is 24.5 Å². The van der Waals surface area contributed by atoms with E-state index in [-0.39, 0.29) is 18.3 Å². The Hall–Kier alpha value is -3.02. The van der Waals surface area contributed by atoms with Crippen LogP contribution in [-0.2, 0) is 9.53 Å². The number of amides is 1. The minimum atomic E-state index is -0.672. The summed E-state index contributed by atoms with van der Waals surface area (Å²) in [5.41, 5.74) is 3.06. The van der Waals surface area contributed by atoms with Crippen LogP contribution in [0.3, 0.4) is 0 Å². The number of nitrogens with zero attached hydrogens (tertiary/aromatic N) is 2. The molecule has 146 valence electrons. The summed E-state index contributed by atoms with van der Waals surface area (Å²) < 4.78 is 5.29. The van der Waals surface area contributed by atoms with Crippen LogP contribution in [0.2, 0.25) is 0 Å². The summed E-state index contributed by atoms with van der Waals surface area (Å²) in [4.78, 5) is 43.2. The number of carbonyl (C=O) groups excluding carboxylic acids is 3. The lowest BCUT2D eigenvalue weighted by Gasteiger charge is -2.34. The molecule has 0 bridgehead atoms. The quantitative estimate of drug-likeness (QED) is 0.588. The fraction of sp³-hybridized carbons (Fsp3) is 0.364. The first-order chi connectivity index (χ1) is 13.5. The fourth-order valence-corrected chi connectivity index (χ4v) is 3.31. The summed E-state index contributed by atoms with van der Waals surface area (Å²) in [7, 11) is 0. The number of esters is 1. The van der Waals surface area contributed by atoms with Crippen LogP contribution < -0.4 is 0 Å². The van der Waals surface area contributed by atoms with E-state index in [0.717, 1.165) is 24.0 Å². The van der Waals surface area contributed by atoms with Crippen molar-refractivity contribution >= 4 is 17.7 Å². The zero-order chi connectivity index (χ0) is 20.1. The van der Waals surface area contributed by atoms with E-state index >= 15 is 0 Å². The molecule has 0 radical (unpaired) electrons. The monoisotopic (exact) mass is 380 g/mol. The van der Waals surface area contributed by atoms with Gasteiger partial charge in [-0.1, -0.05) is 12.1 Å². The molecule has 0 unspecified atom stereocenters. The van der Waals surface area contributed by atoms with E-state index < -0.39 is 12.0 Å². The standard InChI is InChI=1S/C22H24N2O4/c1-15-8-9-17(12-16(15)2)20(25)14-28-22(27)19-7-3-4-11-24(19)21(26)18-6-5-10-23-13-18/h5-6,8-10,12-13,19H,3-4,7,11,14H2,1-2H3/t19-/m1/s1. The minimum Gasteiger partial charge on any atom is -0.456 e. The second-order valence-corrected chi connectivity index (χ2v) is 7.08. The van der Waals surface area contributed by atoms with E-state index in [1.165, 1.54) is 11.1 Å². The highest BCUT2D eigenvalue weighted by atomic mass is 16.5. The van der Waals surface area contributed by atoms with E-state index in [0.29, 0.717) is 24.1 Å². The molecule has 28 heavy (non-hydrogen) atoms. The lowest BCUT2D eigenvalue weighted by atomic mass is 10.0. The lowest BCUT2D eigenvalue weighted by Crippen LogP contribution is -2.49. The number of aromatic nitrogens is 1. The van der Waals surface area contributed by atoms with Gasteiger partial charge in [0.25, 0.3) is 5.91 Å². The second-order valence-electron chi connectivity index (χ2n) is 7.08. The molecule has 0 saturated carbocycles. The molecule has 0 aliphatic carbocycles. The molecule has 6 heteroatoms. The molecular weight excluding hydrogens is 356 g/mol. The van der Waals surface area contributed by atoms with E-state index in [1.54, 1.807) is 30.5 Å². The van der Waals surface area contributed by atoms with Gasteiger partial charge in [-0.2, -0.15) is 0 Å². The van der Waals surface area contributed by atoms with Crippen molar-refractivity contribution in [3.8, 4) is 0 Å². The number of piperidine rings is 1. The minimum absolute atomic E-state index is 0.241. The Labute approximate surface area is 164 Å². The van der Waals surface area contributed by atoms with Crippen LogP contribution in [0.15, 0.2) is 42.7 Å². The van der Waals surface area contributed by atoms with Gasteiger partial charge in [-0.3, -0.25) is 14.6 Å². The normalized spacial score (nSPS) is 16.5. The molecule has 1 aromatic heterocycles. The Morgan fingerprint density at radius 3 is 2.64 bits per heavy atom. The van der Waals surface area contributed by atoms with Crippen LogP contribution in [0.1, 0.15) is 51.1 Å². The van der Waals surface area contributed by atoms with Crippen molar-refractivity contribution in [2.24, 2.45) is 0 Å². The number of rotatable bonds is 5. The highest BCUT2D eigenvalue weighted by molar-refractivity contribution is 5.99. The van der Waals surface area contributed by atoms with Crippen molar-refractivity contribution in [3.63, 3.8) is 0 Å². The maximum absolute atomic E-state index is 12.8. The SMILES string of the molecule is Cc1ccc(C(=O)COC(=O)[C@H]2CCCCN2C(=O)c2cccnc2)cc1C. The van der Waals surface area contributed by atoms with Crippen molar-refractivity contribution in [1.82, 2.24) is 9.88 Å². The summed E-state index contributed by atoms with van der Waals surface area (Å²) in [6.45, 7) is 4.06. The van der Waals surface area contributed by atoms with Crippen molar-refractivity contribution in [3.05, 3.63) is 65.0 Å². The lowest BCUT2D eigenvalue weighted by molar-refractivity contribution is -0.149. The van der Waals surface area contributed by atoms with Gasteiger partial charge in [0.1, 0.15) is 6.04 Å². The van der Waals surface area contributed by atoms with Gasteiger partial charge in [-0.15, -0.1) is 0 Å². The molecule has 2 heterocycles. The molecule has 1 aliphatic rings. The average Bonchev–Trinajstić information content (AvgIpc) is 2.73. The second kappa shape index (κ2) is 8.78. The first-order valence-corrected chi connectivity index (χ1v) is 9.45. The van der Waals surface area contributed by atoms with Gasteiger partial charge in [0.15, 0.2) is 12.4 Å². The van der Waals surface area contributed by atoms with E-state index in [4.69, 9.17) is 4.74 Å². The van der Waals surface area contributed by atoms with Crippen LogP contribution in [-0.4, -0.2) is 46.7 Å². The third-order valence-corrected chi connectivity index (χ3v) is 5.12. The third kappa shape index (κ3) is 4.44. The number of pyridine rings is 1. The first kappa shape index (κ1) is 19.7. The maximum Gasteiger partial charge on any atom is 0.329 e. The fourth-order valence-electron chi connectivity index (χ4n) is 3.31. The number of ketones is 1. The summed E-state index contributed by atoms with van der Waals surface area (Å²) in [5.74, 6) is -1.03. The van der Waals surface area contributed by atoms with Crippen LogP contribution >= 0.6 is 0 Å². The van der Waals surface area contributed by atoms with Crippen LogP contribution in [0.4, 0.5) is 0 Å². The van der Waals surface area contributed by atoms with E-state index in [1.807, 2.05) is 19.9 Å². The number of carbonyl (C=O) groups is 3. The number of likely N-dealkylation sites (tertiary alicyclic amines) is 1. The van der Waals surface area contributed by atoms with Crippen molar-refractivity contribution in [2.75, 3.05) is 13.2 Å². The van der Waals surface area contributed by atoms with Crippen LogP contribution in [0.25, 0.3) is 0 Å². The van der Waals surface area contributed by atoms with Gasteiger partial charge < -0.3 is 9.64 Å². The van der Waals surface area contributed by atoms with Gasteiger partial charge in [-0.25, -0.2) is 4.79 Å². The van der Waals surface area contributed by atoms with Crippen LogP contribution in [0.5, 0.6) is 0 Å². The molecule has 1 aliphatic heterocycles. The number of ether oxygens (including phenoxy) is 1. The summed E-state index contributed by atoms with van der Waals surface area (Å²) in [6, 6.07) is 8.10. The number of benzene rings is 1. The van der Waals surface area contributed by atoms with Gasteiger partial charge in [0.2, 0.25) is 0 Å². The molecule has 1 amide bonds. The zero-order valence-electron chi connectivity index (χ0n) is 16.2. The molecular formula is C22H24N2O4. The Kier molecular flexibility index (Phi) is 6.19. The highest BCUT2D eigenvalue weighted by Crippen LogP contribution is 2.21. The number of aryl methyl sites for hydroxylation is 2. The largest absolute Gasteiger partial charge is 0.456 e. The Morgan fingerprint density at radius 1 is 1.11 bits per heavy atom. The Morgan fingerprint density at radius 2 is 1.93 bits per heavy atom. The Balaban J connectivity index is 1.65. The number of hydrogen-bond donors (Lipinski definition) is 0. The molecule has 1 aromatic carbocycles. The molecule has 3 rings (SSSR count). The van der Waals surface area contributed by atoms with Gasteiger partial charge >= 0.3 is 5.97 Å². The van der Waals surface area contributed by atoms with Crippen LogP contribution in [0, 0.1) is 13.8 Å². The smallest absolute Gasteiger partial charge is 0.329 e. The van der Waals surface area contributed by atoms with Gasteiger partial charge in [-0.05, 0) is 62.4 Å². The summed E-state index contributed by atoms with van der Waals surface area (Å²) in [5, 5.41) is 0. The first-order valence-electron chi connectivity index (χ1n) is 9.45. The zero-order valence-corrected chi connectivity index (χ0v) is 16.2. The van der Waals surface area contributed by atoms with Crippen molar-refractivity contribution < 1.29 is 19.1 Å².